The second kappa shape index (κ2) is 12.4. The van der Waals surface area contributed by atoms with Crippen LogP contribution in [-0.4, -0.2) is 34.5 Å². The van der Waals surface area contributed by atoms with E-state index in [-0.39, 0.29) is 11.6 Å². The van der Waals surface area contributed by atoms with Gasteiger partial charge < -0.3 is 5.32 Å². The second-order valence-electron chi connectivity index (χ2n) is 9.46. The molecule has 0 aromatic heterocycles. The summed E-state index contributed by atoms with van der Waals surface area (Å²) in [5, 5.41) is 14.3. The zero-order valence-electron chi connectivity index (χ0n) is 21.5. The first kappa shape index (κ1) is 26.2. The van der Waals surface area contributed by atoms with Gasteiger partial charge in [0.1, 0.15) is 5.92 Å². The molecule has 0 bridgehead atoms. The number of nitrogens with zero attached hydrogens (tertiary/aromatic N) is 3. The molecule has 1 unspecified atom stereocenters. The van der Waals surface area contributed by atoms with Crippen molar-refractivity contribution in [1.29, 1.82) is 0 Å². The van der Waals surface area contributed by atoms with Gasteiger partial charge in [-0.15, -0.1) is 0 Å². The summed E-state index contributed by atoms with van der Waals surface area (Å²) >= 11 is 0. The second-order valence-corrected chi connectivity index (χ2v) is 9.46. The van der Waals surface area contributed by atoms with Crippen molar-refractivity contribution in [1.82, 2.24) is 4.90 Å². The van der Waals surface area contributed by atoms with Crippen molar-refractivity contribution in [3.63, 3.8) is 0 Å². The van der Waals surface area contributed by atoms with Crippen molar-refractivity contribution in [3.05, 3.63) is 99.6 Å². The molecule has 37 heavy (non-hydrogen) atoms. The number of fused-ring (bicyclic) bond motifs is 1. The fourth-order valence-electron chi connectivity index (χ4n) is 4.65. The summed E-state index contributed by atoms with van der Waals surface area (Å²) in [6.45, 7) is 7.53. The Morgan fingerprint density at radius 1 is 0.973 bits per heavy atom. The number of nitrogens with one attached hydrogen (secondary N) is 1. The van der Waals surface area contributed by atoms with Crippen LogP contribution in [0.4, 0.5) is 17.1 Å². The molecule has 3 aromatic rings. The minimum absolute atomic E-state index is 0.0484. The van der Waals surface area contributed by atoms with Gasteiger partial charge in [0.2, 0.25) is 5.91 Å². The van der Waals surface area contributed by atoms with Gasteiger partial charge in [0, 0.05) is 29.9 Å². The first-order valence-corrected chi connectivity index (χ1v) is 13.0. The maximum atomic E-state index is 13.1. The largest absolute Gasteiger partial charge is 0.325 e. The highest BCUT2D eigenvalue weighted by Gasteiger charge is 2.36. The number of nitro benzene ring substituents is 1. The minimum Gasteiger partial charge on any atom is -0.325 e. The Kier molecular flexibility index (Phi) is 8.80. The van der Waals surface area contributed by atoms with Crippen molar-refractivity contribution in [3.8, 4) is 0 Å². The summed E-state index contributed by atoms with van der Waals surface area (Å²) in [6.07, 6.45) is 4.74. The van der Waals surface area contributed by atoms with E-state index in [1.807, 2.05) is 42.5 Å². The van der Waals surface area contributed by atoms with Crippen LogP contribution in [-0.2, 0) is 11.3 Å². The number of nitro groups is 1. The Labute approximate surface area is 218 Å². The molecule has 1 N–H and O–H groups in total. The molecule has 0 spiro atoms. The maximum Gasteiger partial charge on any atom is 0.269 e. The fourth-order valence-corrected chi connectivity index (χ4v) is 4.65. The Bertz CT molecular complexity index is 1250. The topological polar surface area (TPSA) is 87.8 Å². The van der Waals surface area contributed by atoms with Gasteiger partial charge in [0.25, 0.3) is 5.69 Å². The van der Waals surface area contributed by atoms with Gasteiger partial charge >= 0.3 is 0 Å². The Balaban J connectivity index is 1.66. The van der Waals surface area contributed by atoms with E-state index >= 15 is 0 Å². The number of carbonyl (C=O) groups excluding carboxylic acids is 1. The smallest absolute Gasteiger partial charge is 0.269 e. The van der Waals surface area contributed by atoms with Crippen LogP contribution in [0.3, 0.4) is 0 Å². The molecule has 0 aliphatic carbocycles. The van der Waals surface area contributed by atoms with E-state index in [9.17, 15) is 14.9 Å². The molecule has 0 saturated heterocycles. The number of benzene rings is 3. The lowest BCUT2D eigenvalue weighted by molar-refractivity contribution is -0.384. The van der Waals surface area contributed by atoms with Gasteiger partial charge in [-0.05, 0) is 55.3 Å². The lowest BCUT2D eigenvalue weighted by Gasteiger charge is -2.22. The molecule has 1 heterocycles. The summed E-state index contributed by atoms with van der Waals surface area (Å²) in [5.74, 6) is -0.979. The van der Waals surface area contributed by atoms with E-state index < -0.39 is 10.8 Å². The highest BCUT2D eigenvalue weighted by atomic mass is 16.6. The Morgan fingerprint density at radius 3 is 2.27 bits per heavy atom. The fraction of sp³-hybridized carbons (Fsp3) is 0.333. The Morgan fingerprint density at radius 2 is 1.65 bits per heavy atom. The van der Waals surface area contributed by atoms with Crippen molar-refractivity contribution in [2.24, 2.45) is 4.99 Å². The number of aliphatic imine (C=N–C) groups is 1. The molecular weight excluding hydrogens is 464 g/mol. The Hall–Kier alpha value is -3.84. The van der Waals surface area contributed by atoms with Crippen molar-refractivity contribution < 1.29 is 9.72 Å². The number of unbranched alkanes of at least 4 members (excludes halogenated alkanes) is 2. The van der Waals surface area contributed by atoms with Gasteiger partial charge in [-0.1, -0.05) is 69.2 Å². The quantitative estimate of drug-likeness (QED) is 0.168. The number of anilines is 1. The number of carbonyl (C=O) groups is 1. The summed E-state index contributed by atoms with van der Waals surface area (Å²) in [5.41, 5.74) is 4.44. The van der Waals surface area contributed by atoms with Crippen molar-refractivity contribution >= 4 is 28.7 Å². The number of hydrogen-bond acceptors (Lipinski definition) is 5. The van der Waals surface area contributed by atoms with Gasteiger partial charge in [0.05, 0.1) is 16.3 Å². The monoisotopic (exact) mass is 498 g/mol. The van der Waals surface area contributed by atoms with E-state index in [2.05, 4.69) is 36.2 Å². The molecule has 1 aliphatic heterocycles. The van der Waals surface area contributed by atoms with E-state index in [1.165, 1.54) is 43.4 Å². The van der Waals surface area contributed by atoms with Crippen LogP contribution in [0.5, 0.6) is 0 Å². The summed E-state index contributed by atoms with van der Waals surface area (Å²) in [4.78, 5) is 31.5. The summed E-state index contributed by atoms with van der Waals surface area (Å²) in [6, 6.07) is 22.2. The predicted molar refractivity (Wildman–Crippen MR) is 149 cm³/mol. The van der Waals surface area contributed by atoms with E-state index in [4.69, 9.17) is 4.99 Å². The first-order chi connectivity index (χ1) is 18.0. The summed E-state index contributed by atoms with van der Waals surface area (Å²) < 4.78 is 0. The lowest BCUT2D eigenvalue weighted by Crippen LogP contribution is -2.25. The minimum atomic E-state index is -0.740. The van der Waals surface area contributed by atoms with Crippen molar-refractivity contribution in [2.75, 3.05) is 18.4 Å². The lowest BCUT2D eigenvalue weighted by atomic mass is 9.90. The van der Waals surface area contributed by atoms with Crippen LogP contribution in [0.15, 0.2) is 77.8 Å². The van der Waals surface area contributed by atoms with Crippen molar-refractivity contribution in [2.45, 2.75) is 52.0 Å². The molecule has 7 heteroatoms. The molecule has 1 atom stereocenters. The molecule has 0 saturated carbocycles. The normalized spacial score (nSPS) is 15.1. The SMILES string of the molecule is CCCCN(CCCC)Cc1ccc(N=C(c2ccccc2)C2C(=O)Nc3ccc([N+](=O)[O-])cc32)cc1. The average Bonchev–Trinajstić information content (AvgIpc) is 3.24. The third-order valence-electron chi connectivity index (χ3n) is 6.67. The van der Waals surface area contributed by atoms with Crippen LogP contribution in [0.1, 0.15) is 62.1 Å². The molecule has 192 valence electrons. The van der Waals surface area contributed by atoms with Gasteiger partial charge in [0.15, 0.2) is 0 Å². The number of rotatable bonds is 12. The van der Waals surface area contributed by atoms with Gasteiger partial charge in [-0.3, -0.25) is 24.8 Å². The van der Waals surface area contributed by atoms with Gasteiger partial charge in [-0.2, -0.15) is 0 Å². The third kappa shape index (κ3) is 6.49. The highest BCUT2D eigenvalue weighted by molar-refractivity contribution is 6.24. The summed E-state index contributed by atoms with van der Waals surface area (Å²) in [7, 11) is 0. The molecule has 1 aliphatic rings. The van der Waals surface area contributed by atoms with Crippen LogP contribution >= 0.6 is 0 Å². The average molecular weight is 499 g/mol. The first-order valence-electron chi connectivity index (χ1n) is 13.0. The number of hydrogen-bond donors (Lipinski definition) is 1. The van der Waals surface area contributed by atoms with E-state index in [0.29, 0.717) is 17.0 Å². The third-order valence-corrected chi connectivity index (χ3v) is 6.67. The molecule has 7 nitrogen and oxygen atoms in total. The maximum absolute atomic E-state index is 13.1. The standard InChI is InChI=1S/C30H34N4O3/c1-3-5-18-33(19-6-4-2)21-22-12-14-24(15-13-22)31-29(23-10-8-7-9-11-23)28-26-20-25(34(36)37)16-17-27(26)32-30(28)35/h7-17,20,28H,3-6,18-19,21H2,1-2H3,(H,32,35). The van der Waals surface area contributed by atoms with E-state index in [0.717, 1.165) is 30.9 Å². The molecule has 3 aromatic carbocycles. The zero-order valence-corrected chi connectivity index (χ0v) is 21.5. The molecule has 4 rings (SSSR count). The molecule has 0 fully saturated rings. The van der Waals surface area contributed by atoms with Crippen LogP contribution < -0.4 is 5.32 Å². The molecule has 0 radical (unpaired) electrons. The van der Waals surface area contributed by atoms with E-state index in [1.54, 1.807) is 6.07 Å². The molecular formula is C30H34N4O3. The number of amides is 1. The van der Waals surface area contributed by atoms with Crippen LogP contribution in [0.25, 0.3) is 0 Å². The highest BCUT2D eigenvalue weighted by Crippen LogP contribution is 2.38. The zero-order chi connectivity index (χ0) is 26.2. The van der Waals surface area contributed by atoms with Crippen LogP contribution in [0, 0.1) is 10.1 Å². The number of non-ortho nitro benzene ring substituents is 1. The van der Waals surface area contributed by atoms with Gasteiger partial charge in [-0.25, -0.2) is 0 Å². The molecule has 1 amide bonds. The predicted octanol–water partition coefficient (Wildman–Crippen LogP) is 6.85. The van der Waals surface area contributed by atoms with Crippen LogP contribution in [0.2, 0.25) is 0 Å².